The van der Waals surface area contributed by atoms with Gasteiger partial charge >= 0.3 is 0 Å². The van der Waals surface area contributed by atoms with Crippen molar-refractivity contribution in [1.82, 2.24) is 14.8 Å². The Morgan fingerprint density at radius 3 is 2.39 bits per heavy atom. The summed E-state index contributed by atoms with van der Waals surface area (Å²) in [5.41, 5.74) is 1.52. The highest BCUT2D eigenvalue weighted by molar-refractivity contribution is 6.34. The molecule has 1 aromatic heterocycles. The number of benzene rings is 1. The van der Waals surface area contributed by atoms with Gasteiger partial charge in [0.25, 0.3) is 5.91 Å². The molecule has 0 aliphatic carbocycles. The zero-order valence-electron chi connectivity index (χ0n) is 12.6. The molecule has 0 atom stereocenters. The third-order valence-corrected chi connectivity index (χ3v) is 4.44. The normalized spacial score (nSPS) is 15.7. The summed E-state index contributed by atoms with van der Waals surface area (Å²) >= 11 is 11.9. The van der Waals surface area contributed by atoms with Crippen LogP contribution in [-0.2, 0) is 6.54 Å². The number of nitrogens with zero attached hydrogens (tertiary/aromatic N) is 3. The first-order chi connectivity index (χ1) is 11.1. The fourth-order valence-electron chi connectivity index (χ4n) is 2.67. The molecule has 1 aliphatic rings. The third-order valence-electron chi connectivity index (χ3n) is 3.92. The van der Waals surface area contributed by atoms with E-state index >= 15 is 0 Å². The van der Waals surface area contributed by atoms with Crippen molar-refractivity contribution in [3.05, 3.63) is 63.9 Å². The molecule has 3 rings (SSSR count). The number of carbonyl (C=O) groups is 1. The Hall–Kier alpha value is -1.62. The Morgan fingerprint density at radius 2 is 1.70 bits per heavy atom. The van der Waals surface area contributed by atoms with E-state index in [0.717, 1.165) is 19.6 Å². The van der Waals surface area contributed by atoms with Crippen LogP contribution < -0.4 is 0 Å². The van der Waals surface area contributed by atoms with E-state index in [1.807, 2.05) is 18.2 Å². The lowest BCUT2D eigenvalue weighted by Crippen LogP contribution is -2.48. The monoisotopic (exact) mass is 349 g/mol. The second-order valence-corrected chi connectivity index (χ2v) is 6.31. The van der Waals surface area contributed by atoms with Gasteiger partial charge in [-0.05, 0) is 17.7 Å². The first kappa shape index (κ1) is 16.2. The van der Waals surface area contributed by atoms with Gasteiger partial charge in [-0.25, -0.2) is 4.98 Å². The first-order valence-corrected chi connectivity index (χ1v) is 8.26. The van der Waals surface area contributed by atoms with Crippen LogP contribution in [0.4, 0.5) is 0 Å². The fraction of sp³-hybridized carbons (Fsp3) is 0.294. The van der Waals surface area contributed by atoms with Crippen molar-refractivity contribution in [3.63, 3.8) is 0 Å². The van der Waals surface area contributed by atoms with Crippen molar-refractivity contribution >= 4 is 29.1 Å². The van der Waals surface area contributed by atoms with E-state index < -0.39 is 0 Å². The molecule has 0 unspecified atom stereocenters. The zero-order valence-corrected chi connectivity index (χ0v) is 14.1. The van der Waals surface area contributed by atoms with Crippen molar-refractivity contribution in [2.75, 3.05) is 26.2 Å². The van der Waals surface area contributed by atoms with Gasteiger partial charge in [-0.2, -0.15) is 0 Å². The SMILES string of the molecule is O=C(c1nc(Cl)ccc1Cl)N1CCN(Cc2ccccc2)CC1. The smallest absolute Gasteiger partial charge is 0.274 e. The quantitative estimate of drug-likeness (QED) is 0.797. The summed E-state index contributed by atoms with van der Waals surface area (Å²) < 4.78 is 0. The molecule has 0 spiro atoms. The fourth-order valence-corrected chi connectivity index (χ4v) is 3.00. The Bertz CT molecular complexity index is 685. The highest BCUT2D eigenvalue weighted by atomic mass is 35.5. The minimum Gasteiger partial charge on any atom is -0.335 e. The van der Waals surface area contributed by atoms with Crippen LogP contribution in [0, 0.1) is 0 Å². The van der Waals surface area contributed by atoms with Crippen molar-refractivity contribution in [2.24, 2.45) is 0 Å². The topological polar surface area (TPSA) is 36.4 Å². The van der Waals surface area contributed by atoms with Gasteiger partial charge in [0.15, 0.2) is 0 Å². The number of pyridine rings is 1. The molecule has 0 bridgehead atoms. The molecule has 0 saturated carbocycles. The number of piperazine rings is 1. The largest absolute Gasteiger partial charge is 0.335 e. The maximum atomic E-state index is 12.5. The molecule has 120 valence electrons. The number of hydrogen-bond acceptors (Lipinski definition) is 3. The van der Waals surface area contributed by atoms with E-state index in [1.54, 1.807) is 17.0 Å². The minimum absolute atomic E-state index is 0.156. The van der Waals surface area contributed by atoms with E-state index in [0.29, 0.717) is 18.1 Å². The van der Waals surface area contributed by atoms with Gasteiger partial charge in [-0.1, -0.05) is 53.5 Å². The van der Waals surface area contributed by atoms with Crippen LogP contribution in [0.15, 0.2) is 42.5 Å². The summed E-state index contributed by atoms with van der Waals surface area (Å²) in [4.78, 5) is 20.7. The van der Waals surface area contributed by atoms with Gasteiger partial charge in [0.2, 0.25) is 0 Å². The van der Waals surface area contributed by atoms with Gasteiger partial charge in [-0.15, -0.1) is 0 Å². The van der Waals surface area contributed by atoms with Crippen LogP contribution >= 0.6 is 23.2 Å². The van der Waals surface area contributed by atoms with Crippen LogP contribution in [0.3, 0.4) is 0 Å². The molecule has 6 heteroatoms. The molecule has 1 amide bonds. The maximum Gasteiger partial charge on any atom is 0.274 e. The molecule has 1 aromatic carbocycles. The van der Waals surface area contributed by atoms with Crippen molar-refractivity contribution in [3.8, 4) is 0 Å². The molecule has 2 aromatic rings. The Balaban J connectivity index is 1.60. The number of aromatic nitrogens is 1. The summed E-state index contributed by atoms with van der Waals surface area (Å²) in [5, 5.41) is 0.617. The average molecular weight is 350 g/mol. The standard InChI is InChI=1S/C17H17Cl2N3O/c18-14-6-7-15(19)20-16(14)17(23)22-10-8-21(9-11-22)12-13-4-2-1-3-5-13/h1-7H,8-12H2. The molecule has 0 N–H and O–H groups in total. The molecule has 1 aliphatic heterocycles. The number of amides is 1. The molecule has 1 saturated heterocycles. The van der Waals surface area contributed by atoms with Crippen LogP contribution in [0.25, 0.3) is 0 Å². The summed E-state index contributed by atoms with van der Waals surface area (Å²) in [6, 6.07) is 13.5. The molecule has 2 heterocycles. The third kappa shape index (κ3) is 4.02. The molecule has 23 heavy (non-hydrogen) atoms. The summed E-state index contributed by atoms with van der Waals surface area (Å²) in [6.07, 6.45) is 0. The van der Waals surface area contributed by atoms with Gasteiger partial charge in [-0.3, -0.25) is 9.69 Å². The summed E-state index contributed by atoms with van der Waals surface area (Å²) in [7, 11) is 0. The van der Waals surface area contributed by atoms with Crippen LogP contribution in [-0.4, -0.2) is 46.9 Å². The van der Waals surface area contributed by atoms with Crippen LogP contribution in [0.2, 0.25) is 10.2 Å². The van der Waals surface area contributed by atoms with E-state index in [9.17, 15) is 4.79 Å². The molecule has 0 radical (unpaired) electrons. The van der Waals surface area contributed by atoms with Gasteiger partial charge in [0.05, 0.1) is 5.02 Å². The number of rotatable bonds is 3. The number of carbonyl (C=O) groups excluding carboxylic acids is 1. The summed E-state index contributed by atoms with van der Waals surface area (Å²) in [5.74, 6) is -0.156. The predicted molar refractivity (Wildman–Crippen MR) is 91.9 cm³/mol. The second-order valence-electron chi connectivity index (χ2n) is 5.52. The Morgan fingerprint density at radius 1 is 1.00 bits per heavy atom. The first-order valence-electron chi connectivity index (χ1n) is 7.51. The zero-order chi connectivity index (χ0) is 16.2. The lowest BCUT2D eigenvalue weighted by Gasteiger charge is -2.34. The van der Waals surface area contributed by atoms with E-state index in [-0.39, 0.29) is 16.8 Å². The summed E-state index contributed by atoms with van der Waals surface area (Å²) in [6.45, 7) is 3.89. The highest BCUT2D eigenvalue weighted by Crippen LogP contribution is 2.19. The molecule has 1 fully saturated rings. The average Bonchev–Trinajstić information content (AvgIpc) is 2.58. The number of hydrogen-bond donors (Lipinski definition) is 0. The van der Waals surface area contributed by atoms with Crippen LogP contribution in [0.5, 0.6) is 0 Å². The maximum absolute atomic E-state index is 12.5. The van der Waals surface area contributed by atoms with Crippen LogP contribution in [0.1, 0.15) is 16.1 Å². The van der Waals surface area contributed by atoms with Crippen molar-refractivity contribution in [1.29, 1.82) is 0 Å². The van der Waals surface area contributed by atoms with Gasteiger partial charge in [0.1, 0.15) is 10.8 Å². The highest BCUT2D eigenvalue weighted by Gasteiger charge is 2.24. The molecule has 4 nitrogen and oxygen atoms in total. The Kier molecular flexibility index (Phi) is 5.16. The van der Waals surface area contributed by atoms with E-state index in [2.05, 4.69) is 22.0 Å². The lowest BCUT2D eigenvalue weighted by atomic mass is 10.2. The lowest BCUT2D eigenvalue weighted by molar-refractivity contribution is 0.0623. The predicted octanol–water partition coefficient (Wildman–Crippen LogP) is 3.35. The minimum atomic E-state index is -0.156. The van der Waals surface area contributed by atoms with E-state index in [4.69, 9.17) is 23.2 Å². The molecular weight excluding hydrogens is 333 g/mol. The number of halogens is 2. The van der Waals surface area contributed by atoms with Crippen molar-refractivity contribution in [2.45, 2.75) is 6.54 Å². The van der Waals surface area contributed by atoms with Crippen molar-refractivity contribution < 1.29 is 4.79 Å². The second kappa shape index (κ2) is 7.30. The van der Waals surface area contributed by atoms with Gasteiger partial charge < -0.3 is 4.90 Å². The molecular formula is C17H17Cl2N3O. The van der Waals surface area contributed by atoms with E-state index in [1.165, 1.54) is 5.56 Å². The van der Waals surface area contributed by atoms with Gasteiger partial charge in [0, 0.05) is 32.7 Å². The Labute approximate surface area is 145 Å².